The quantitative estimate of drug-likeness (QED) is 0.686. The molecule has 3 rings (SSSR count). The topological polar surface area (TPSA) is 106 Å². The second-order valence-electron chi connectivity index (χ2n) is 6.19. The van der Waals surface area contributed by atoms with E-state index in [2.05, 4.69) is 30.2 Å². The second-order valence-corrected chi connectivity index (χ2v) is 6.19. The van der Waals surface area contributed by atoms with E-state index in [-0.39, 0.29) is 11.6 Å². The maximum absolute atomic E-state index is 12.4. The fourth-order valence-electron chi connectivity index (χ4n) is 2.75. The Labute approximate surface area is 163 Å². The van der Waals surface area contributed by atoms with Gasteiger partial charge in [-0.25, -0.2) is 14.8 Å². The van der Waals surface area contributed by atoms with Crippen LogP contribution in [0.1, 0.15) is 20.8 Å². The number of amides is 1. The van der Waals surface area contributed by atoms with Gasteiger partial charge < -0.3 is 20.1 Å². The lowest BCUT2D eigenvalue weighted by molar-refractivity contribution is 0.0398. The van der Waals surface area contributed by atoms with Gasteiger partial charge in [-0.3, -0.25) is 9.69 Å². The highest BCUT2D eigenvalue weighted by molar-refractivity contribution is 6.03. The number of aromatic nitrogens is 2. The van der Waals surface area contributed by atoms with Gasteiger partial charge in [0.1, 0.15) is 17.8 Å². The fourth-order valence-corrected chi connectivity index (χ4v) is 2.75. The number of benzene rings is 1. The average Bonchev–Trinajstić information content (AvgIpc) is 2.74. The van der Waals surface area contributed by atoms with Gasteiger partial charge in [0, 0.05) is 37.9 Å². The van der Waals surface area contributed by atoms with E-state index >= 15 is 0 Å². The van der Waals surface area contributed by atoms with Crippen LogP contribution in [0.4, 0.5) is 11.5 Å². The molecule has 9 nitrogen and oxygen atoms in total. The molecule has 2 aromatic rings. The van der Waals surface area contributed by atoms with Gasteiger partial charge in [-0.15, -0.1) is 0 Å². The maximum atomic E-state index is 12.4. The summed E-state index contributed by atoms with van der Waals surface area (Å²) in [4.78, 5) is 34.4. The summed E-state index contributed by atoms with van der Waals surface area (Å²) in [7, 11) is 1.32. The molecule has 9 heteroatoms. The van der Waals surface area contributed by atoms with Crippen LogP contribution in [-0.4, -0.2) is 73.2 Å². The van der Waals surface area contributed by atoms with Crippen LogP contribution in [0.25, 0.3) is 0 Å². The largest absolute Gasteiger partial charge is 0.465 e. The molecule has 1 amide bonds. The Morgan fingerprint density at radius 3 is 2.64 bits per heavy atom. The van der Waals surface area contributed by atoms with E-state index in [1.165, 1.54) is 13.4 Å². The van der Waals surface area contributed by atoms with E-state index in [1.807, 2.05) is 0 Å². The summed E-state index contributed by atoms with van der Waals surface area (Å²) in [5.41, 5.74) is 1.22. The molecule has 1 aromatic heterocycles. The highest BCUT2D eigenvalue weighted by Crippen LogP contribution is 2.12. The van der Waals surface area contributed by atoms with E-state index in [9.17, 15) is 9.59 Å². The van der Waals surface area contributed by atoms with Gasteiger partial charge in [-0.05, 0) is 24.3 Å². The molecule has 1 aromatic carbocycles. The van der Waals surface area contributed by atoms with Crippen molar-refractivity contribution in [2.45, 2.75) is 0 Å². The summed E-state index contributed by atoms with van der Waals surface area (Å²) in [6, 6.07) is 8.04. The number of anilines is 2. The summed E-state index contributed by atoms with van der Waals surface area (Å²) in [5, 5.41) is 5.96. The standard InChI is InChI=1S/C19H23N5O4/c1-27-19(26)14-2-4-15(5-3-14)23-18(25)16-12-17(22-13-21-16)20-6-7-24-8-10-28-11-9-24/h2-5,12-13H,6-11H2,1H3,(H,23,25)(H,20,21,22). The summed E-state index contributed by atoms with van der Waals surface area (Å²) in [6.07, 6.45) is 1.35. The van der Waals surface area contributed by atoms with Crippen molar-refractivity contribution >= 4 is 23.4 Å². The van der Waals surface area contributed by atoms with Crippen LogP contribution in [0, 0.1) is 0 Å². The summed E-state index contributed by atoms with van der Waals surface area (Å²) >= 11 is 0. The molecule has 0 aliphatic carbocycles. The van der Waals surface area contributed by atoms with Crippen molar-refractivity contribution in [3.8, 4) is 0 Å². The number of methoxy groups -OCH3 is 1. The lowest BCUT2D eigenvalue weighted by Gasteiger charge is -2.26. The zero-order valence-electron chi connectivity index (χ0n) is 15.7. The van der Waals surface area contributed by atoms with Gasteiger partial charge in [0.2, 0.25) is 0 Å². The molecular formula is C19H23N5O4. The highest BCUT2D eigenvalue weighted by Gasteiger charge is 2.12. The first-order chi connectivity index (χ1) is 13.7. The van der Waals surface area contributed by atoms with Crippen molar-refractivity contribution < 1.29 is 19.1 Å². The third-order valence-corrected chi connectivity index (χ3v) is 4.30. The molecule has 2 heterocycles. The summed E-state index contributed by atoms with van der Waals surface area (Å²) in [6.45, 7) is 4.97. The molecule has 1 saturated heterocycles. The van der Waals surface area contributed by atoms with Gasteiger partial charge in [-0.1, -0.05) is 0 Å². The molecule has 2 N–H and O–H groups in total. The minimum absolute atomic E-state index is 0.251. The third-order valence-electron chi connectivity index (χ3n) is 4.30. The Balaban J connectivity index is 1.53. The fraction of sp³-hybridized carbons (Fsp3) is 0.368. The number of rotatable bonds is 7. The molecule has 0 atom stereocenters. The zero-order chi connectivity index (χ0) is 19.8. The first-order valence-corrected chi connectivity index (χ1v) is 9.01. The van der Waals surface area contributed by atoms with Crippen molar-refractivity contribution in [2.24, 2.45) is 0 Å². The first-order valence-electron chi connectivity index (χ1n) is 9.01. The molecule has 1 aliphatic heterocycles. The Morgan fingerprint density at radius 2 is 1.93 bits per heavy atom. The number of nitrogens with one attached hydrogen (secondary N) is 2. The molecule has 28 heavy (non-hydrogen) atoms. The van der Waals surface area contributed by atoms with Crippen molar-refractivity contribution in [1.29, 1.82) is 0 Å². The van der Waals surface area contributed by atoms with Crippen molar-refractivity contribution in [3.05, 3.63) is 47.9 Å². The number of morpholine rings is 1. The third kappa shape index (κ3) is 5.48. The molecule has 0 bridgehead atoms. The molecule has 148 valence electrons. The lowest BCUT2D eigenvalue weighted by atomic mass is 10.2. The van der Waals surface area contributed by atoms with Crippen LogP contribution in [-0.2, 0) is 9.47 Å². The first kappa shape index (κ1) is 19.7. The molecule has 1 aliphatic rings. The van der Waals surface area contributed by atoms with E-state index in [4.69, 9.17) is 4.74 Å². The molecule has 0 spiro atoms. The van der Waals surface area contributed by atoms with E-state index in [0.717, 1.165) is 32.8 Å². The van der Waals surface area contributed by atoms with Gasteiger partial charge in [0.25, 0.3) is 5.91 Å². The number of carbonyl (C=O) groups excluding carboxylic acids is 2. The van der Waals surface area contributed by atoms with Crippen LogP contribution in [0.15, 0.2) is 36.7 Å². The van der Waals surface area contributed by atoms with Crippen LogP contribution in [0.3, 0.4) is 0 Å². The normalized spacial score (nSPS) is 14.3. The average molecular weight is 385 g/mol. The van der Waals surface area contributed by atoms with E-state index in [0.29, 0.717) is 23.6 Å². The Kier molecular flexibility index (Phi) is 6.88. The minimum Gasteiger partial charge on any atom is -0.465 e. The number of carbonyl (C=O) groups is 2. The predicted molar refractivity (Wildman–Crippen MR) is 104 cm³/mol. The van der Waals surface area contributed by atoms with Crippen LogP contribution in [0.2, 0.25) is 0 Å². The molecular weight excluding hydrogens is 362 g/mol. The van der Waals surface area contributed by atoms with Crippen LogP contribution < -0.4 is 10.6 Å². The molecule has 0 unspecified atom stereocenters. The number of esters is 1. The lowest BCUT2D eigenvalue weighted by Crippen LogP contribution is -2.39. The van der Waals surface area contributed by atoms with Crippen molar-refractivity contribution in [2.75, 3.05) is 57.1 Å². The van der Waals surface area contributed by atoms with Gasteiger partial charge in [-0.2, -0.15) is 0 Å². The highest BCUT2D eigenvalue weighted by atomic mass is 16.5. The minimum atomic E-state index is -0.429. The van der Waals surface area contributed by atoms with E-state index in [1.54, 1.807) is 30.3 Å². The second kappa shape index (κ2) is 9.77. The Hall–Kier alpha value is -3.04. The van der Waals surface area contributed by atoms with Crippen molar-refractivity contribution in [3.63, 3.8) is 0 Å². The molecule has 1 fully saturated rings. The van der Waals surface area contributed by atoms with Crippen molar-refractivity contribution in [1.82, 2.24) is 14.9 Å². The monoisotopic (exact) mass is 385 g/mol. The summed E-state index contributed by atoms with van der Waals surface area (Å²) in [5.74, 6) is -0.194. The van der Waals surface area contributed by atoms with E-state index < -0.39 is 5.97 Å². The predicted octanol–water partition coefficient (Wildman–Crippen LogP) is 1.26. The molecule has 0 saturated carbocycles. The Bertz CT molecular complexity index is 806. The van der Waals surface area contributed by atoms with Crippen LogP contribution in [0.5, 0.6) is 0 Å². The zero-order valence-corrected chi connectivity index (χ0v) is 15.7. The van der Waals surface area contributed by atoms with Gasteiger partial charge in [0.15, 0.2) is 0 Å². The Morgan fingerprint density at radius 1 is 1.18 bits per heavy atom. The SMILES string of the molecule is COC(=O)c1ccc(NC(=O)c2cc(NCCN3CCOCC3)ncn2)cc1. The van der Waals surface area contributed by atoms with Gasteiger partial charge in [0.05, 0.1) is 25.9 Å². The summed E-state index contributed by atoms with van der Waals surface area (Å²) < 4.78 is 9.98. The maximum Gasteiger partial charge on any atom is 0.337 e. The number of hydrogen-bond acceptors (Lipinski definition) is 8. The van der Waals surface area contributed by atoms with Crippen LogP contribution >= 0.6 is 0 Å². The van der Waals surface area contributed by atoms with Gasteiger partial charge >= 0.3 is 5.97 Å². The smallest absolute Gasteiger partial charge is 0.337 e. The number of ether oxygens (including phenoxy) is 2. The number of hydrogen-bond donors (Lipinski definition) is 2. The number of nitrogens with zero attached hydrogens (tertiary/aromatic N) is 3. The molecule has 0 radical (unpaired) electrons.